The Labute approximate surface area is 251 Å². The molecule has 1 fully saturated rings. The first kappa shape index (κ1) is 28.2. The van der Waals surface area contributed by atoms with E-state index in [1.807, 2.05) is 60.7 Å². The lowest BCUT2D eigenvalue weighted by Crippen LogP contribution is -2.38. The average Bonchev–Trinajstić information content (AvgIpc) is 3.36. The second kappa shape index (κ2) is 12.1. The number of methoxy groups -OCH3 is 1. The first-order chi connectivity index (χ1) is 20.9. The molecule has 1 heterocycles. The molecule has 8 heteroatoms. The quantitative estimate of drug-likeness (QED) is 0.227. The van der Waals surface area contributed by atoms with E-state index in [9.17, 15) is 14.7 Å². The van der Waals surface area contributed by atoms with Crippen LogP contribution in [0.2, 0.25) is 0 Å². The summed E-state index contributed by atoms with van der Waals surface area (Å²) in [5.74, 6) is 0.519. The Morgan fingerprint density at radius 3 is 2.37 bits per heavy atom. The molecule has 220 valence electrons. The van der Waals surface area contributed by atoms with Gasteiger partial charge < -0.3 is 25.2 Å². The Hall–Kier alpha value is -4.98. The minimum Gasteiger partial charge on any atom is -0.495 e. The molecule has 3 N–H and O–H groups in total. The van der Waals surface area contributed by atoms with Gasteiger partial charge in [0.1, 0.15) is 12.4 Å². The molecule has 0 spiro atoms. The molecule has 0 bridgehead atoms. The van der Waals surface area contributed by atoms with Crippen LogP contribution in [0, 0.1) is 0 Å². The number of hydrogen-bond donors (Lipinski definition) is 2. The molecule has 4 aromatic carbocycles. The summed E-state index contributed by atoms with van der Waals surface area (Å²) < 4.78 is 11.5. The van der Waals surface area contributed by atoms with Crippen LogP contribution in [0.3, 0.4) is 0 Å². The molecule has 43 heavy (non-hydrogen) atoms. The maximum atomic E-state index is 13.9. The van der Waals surface area contributed by atoms with E-state index in [0.29, 0.717) is 30.2 Å². The number of carbonyl (C=O) groups is 2. The van der Waals surface area contributed by atoms with Crippen molar-refractivity contribution in [2.45, 2.75) is 31.2 Å². The molecule has 6 rings (SSSR count). The number of nitrogens with two attached hydrogens (primary N) is 1. The molecule has 4 aromatic rings. The second-order valence-electron chi connectivity index (χ2n) is 11.1. The van der Waals surface area contributed by atoms with E-state index in [1.54, 1.807) is 18.1 Å². The molecular weight excluding hydrogens is 542 g/mol. The number of amides is 2. The van der Waals surface area contributed by atoms with E-state index >= 15 is 0 Å². The van der Waals surface area contributed by atoms with Crippen molar-refractivity contribution < 1.29 is 24.2 Å². The first-order valence-corrected chi connectivity index (χ1v) is 14.6. The largest absolute Gasteiger partial charge is 0.495 e. The Kier molecular flexibility index (Phi) is 7.92. The molecule has 2 amide bonds. The average molecular weight is 578 g/mol. The van der Waals surface area contributed by atoms with Crippen LogP contribution in [0.25, 0.3) is 11.1 Å². The lowest BCUT2D eigenvalue weighted by molar-refractivity contribution is 0.130. The second-order valence-corrected chi connectivity index (χ2v) is 11.1. The summed E-state index contributed by atoms with van der Waals surface area (Å²) in [6.07, 6.45) is 0.305. The topological polar surface area (TPSA) is 105 Å². The number of piperidine rings is 1. The molecular formula is C35H35N3O5. The van der Waals surface area contributed by atoms with Crippen LogP contribution in [-0.2, 0) is 11.3 Å². The van der Waals surface area contributed by atoms with Gasteiger partial charge in [-0.25, -0.2) is 9.59 Å². The first-order valence-electron chi connectivity index (χ1n) is 14.6. The van der Waals surface area contributed by atoms with Crippen molar-refractivity contribution >= 4 is 23.6 Å². The minimum absolute atomic E-state index is 0.0470. The highest BCUT2D eigenvalue weighted by atomic mass is 16.6. The van der Waals surface area contributed by atoms with Crippen LogP contribution in [0.4, 0.5) is 21.0 Å². The molecule has 8 nitrogen and oxygen atoms in total. The minimum atomic E-state index is -0.904. The van der Waals surface area contributed by atoms with Crippen molar-refractivity contribution in [2.75, 3.05) is 37.4 Å². The highest BCUT2D eigenvalue weighted by Gasteiger charge is 2.31. The van der Waals surface area contributed by atoms with Crippen molar-refractivity contribution in [1.29, 1.82) is 0 Å². The van der Waals surface area contributed by atoms with Gasteiger partial charge in [-0.1, -0.05) is 66.7 Å². The zero-order valence-corrected chi connectivity index (χ0v) is 24.1. The summed E-state index contributed by atoms with van der Waals surface area (Å²) in [6, 6.07) is 29.8. The van der Waals surface area contributed by atoms with Crippen molar-refractivity contribution in [2.24, 2.45) is 0 Å². The number of hydrogen-bond acceptors (Lipinski definition) is 5. The molecule has 1 aliphatic carbocycles. The van der Waals surface area contributed by atoms with E-state index in [0.717, 1.165) is 35.1 Å². The summed E-state index contributed by atoms with van der Waals surface area (Å²) in [4.78, 5) is 28.7. The van der Waals surface area contributed by atoms with Gasteiger partial charge in [0.25, 0.3) is 0 Å². The van der Waals surface area contributed by atoms with Crippen LogP contribution >= 0.6 is 0 Å². The summed E-state index contributed by atoms with van der Waals surface area (Å²) in [7, 11) is 1.56. The molecule has 1 saturated heterocycles. The number of benzene rings is 4. The zero-order chi connectivity index (χ0) is 29.9. The Morgan fingerprint density at radius 1 is 0.953 bits per heavy atom. The highest BCUT2D eigenvalue weighted by molar-refractivity contribution is 5.88. The third-order valence-electron chi connectivity index (χ3n) is 8.54. The highest BCUT2D eigenvalue weighted by Crippen LogP contribution is 2.44. The van der Waals surface area contributed by atoms with Gasteiger partial charge in [0.05, 0.1) is 19.3 Å². The van der Waals surface area contributed by atoms with Crippen LogP contribution in [-0.4, -0.2) is 49.0 Å². The third kappa shape index (κ3) is 5.73. The maximum Gasteiger partial charge on any atom is 0.414 e. The Balaban J connectivity index is 1.29. The lowest BCUT2D eigenvalue weighted by Gasteiger charge is -2.31. The van der Waals surface area contributed by atoms with Gasteiger partial charge in [0, 0.05) is 30.6 Å². The summed E-state index contributed by atoms with van der Waals surface area (Å²) in [5.41, 5.74) is 13.7. The zero-order valence-electron chi connectivity index (χ0n) is 24.1. The number of carbonyl (C=O) groups excluding carboxylic acids is 1. The number of anilines is 2. The number of nitrogen functional groups attached to an aromatic ring is 1. The van der Waals surface area contributed by atoms with Crippen molar-refractivity contribution in [1.82, 2.24) is 4.90 Å². The fourth-order valence-electron chi connectivity index (χ4n) is 6.34. The predicted molar refractivity (Wildman–Crippen MR) is 167 cm³/mol. The molecule has 0 saturated carbocycles. The van der Waals surface area contributed by atoms with Gasteiger partial charge in [0.15, 0.2) is 0 Å². The smallest absolute Gasteiger partial charge is 0.414 e. The number of fused-ring (bicyclic) bond motifs is 3. The van der Waals surface area contributed by atoms with Gasteiger partial charge in [-0.2, -0.15) is 0 Å². The third-order valence-corrected chi connectivity index (χ3v) is 8.54. The van der Waals surface area contributed by atoms with E-state index in [-0.39, 0.29) is 25.0 Å². The number of ether oxygens (including phenoxy) is 2. The van der Waals surface area contributed by atoms with Gasteiger partial charge in [-0.15, -0.1) is 0 Å². The van der Waals surface area contributed by atoms with Gasteiger partial charge in [0.2, 0.25) is 0 Å². The lowest BCUT2D eigenvalue weighted by atomic mass is 9.90. The van der Waals surface area contributed by atoms with Crippen molar-refractivity contribution in [3.63, 3.8) is 0 Å². The van der Waals surface area contributed by atoms with Crippen LogP contribution < -0.4 is 15.4 Å². The predicted octanol–water partition coefficient (Wildman–Crippen LogP) is 7.09. The molecule has 1 aliphatic heterocycles. The van der Waals surface area contributed by atoms with Crippen LogP contribution in [0.5, 0.6) is 5.75 Å². The Morgan fingerprint density at radius 2 is 1.67 bits per heavy atom. The standard InChI is InChI=1S/C35H35N3O5/c1-42-33-18-23(15-16-32(33)36)20-38(26-10-6-8-24(19-26)25-9-7-17-37(21-25)34(39)40)35(41)43-22-31-29-13-4-2-11-27(29)28-12-3-5-14-30(28)31/h2-6,8,10-16,18-19,25,31H,7,9,17,20-22,36H2,1H3,(H,39,40). The Bertz CT molecular complexity index is 1610. The summed E-state index contributed by atoms with van der Waals surface area (Å²) >= 11 is 0. The number of likely N-dealkylation sites (tertiary alicyclic amines) is 1. The number of rotatable bonds is 7. The monoisotopic (exact) mass is 577 g/mol. The molecule has 1 atom stereocenters. The summed E-state index contributed by atoms with van der Waals surface area (Å²) in [5, 5.41) is 9.55. The SMILES string of the molecule is COc1cc(CN(C(=O)OCC2c3ccccc3-c3ccccc32)c2cccc(C3CCCN(C(=O)O)C3)c2)ccc1N. The van der Waals surface area contributed by atoms with Crippen molar-refractivity contribution in [3.8, 4) is 16.9 Å². The van der Waals surface area contributed by atoms with Crippen molar-refractivity contribution in [3.05, 3.63) is 113 Å². The molecule has 2 aliphatic rings. The maximum absolute atomic E-state index is 13.9. The number of carboxylic acid groups (broad SMARTS) is 1. The molecule has 0 aromatic heterocycles. The molecule has 0 radical (unpaired) electrons. The normalized spacial score (nSPS) is 15.8. The fourth-order valence-corrected chi connectivity index (χ4v) is 6.34. The number of nitrogens with zero attached hydrogens (tertiary/aromatic N) is 2. The molecule has 1 unspecified atom stereocenters. The van der Waals surface area contributed by atoms with E-state index in [2.05, 4.69) is 24.3 Å². The van der Waals surface area contributed by atoms with E-state index < -0.39 is 12.2 Å². The van der Waals surface area contributed by atoms with Gasteiger partial charge in [-0.05, 0) is 70.5 Å². The van der Waals surface area contributed by atoms with Gasteiger partial charge in [-0.3, -0.25) is 4.90 Å². The van der Waals surface area contributed by atoms with Gasteiger partial charge >= 0.3 is 12.2 Å². The van der Waals surface area contributed by atoms with Crippen LogP contribution in [0.15, 0.2) is 91.0 Å². The van der Waals surface area contributed by atoms with E-state index in [4.69, 9.17) is 15.2 Å². The summed E-state index contributed by atoms with van der Waals surface area (Å²) in [6.45, 7) is 1.41. The van der Waals surface area contributed by atoms with E-state index in [1.165, 1.54) is 16.0 Å². The fraction of sp³-hybridized carbons (Fsp3) is 0.257. The van der Waals surface area contributed by atoms with Crippen LogP contribution in [0.1, 0.15) is 46.9 Å².